The van der Waals surface area contributed by atoms with E-state index in [0.29, 0.717) is 54.7 Å². The third-order valence-corrected chi connectivity index (χ3v) is 4.83. The van der Waals surface area contributed by atoms with Crippen molar-refractivity contribution in [3.05, 3.63) is 47.5 Å². The van der Waals surface area contributed by atoms with Gasteiger partial charge in [-0.15, -0.1) is 0 Å². The molecule has 1 aliphatic rings. The van der Waals surface area contributed by atoms with Gasteiger partial charge < -0.3 is 29.2 Å². The summed E-state index contributed by atoms with van der Waals surface area (Å²) in [6, 6.07) is 9.95. The summed E-state index contributed by atoms with van der Waals surface area (Å²) in [4.78, 5) is 26.6. The number of morpholine rings is 1. The fourth-order valence-electron chi connectivity index (χ4n) is 3.31. The van der Waals surface area contributed by atoms with Gasteiger partial charge in [0.2, 0.25) is 0 Å². The molecule has 1 fully saturated rings. The minimum atomic E-state index is -0.453. The highest BCUT2D eigenvalue weighted by Crippen LogP contribution is 2.39. The van der Waals surface area contributed by atoms with Crippen LogP contribution < -0.4 is 19.7 Å². The lowest BCUT2D eigenvalue weighted by Gasteiger charge is -2.31. The van der Waals surface area contributed by atoms with Crippen molar-refractivity contribution in [2.45, 2.75) is 13.8 Å². The average Bonchev–Trinajstić information content (AvgIpc) is 2.81. The highest BCUT2D eigenvalue weighted by Gasteiger charge is 2.21. The smallest absolute Gasteiger partial charge is 0.337 e. The number of nitrogens with one attached hydrogen (secondary N) is 1. The maximum atomic E-state index is 12.8. The number of hydrogen-bond acceptors (Lipinski definition) is 7. The van der Waals surface area contributed by atoms with E-state index in [9.17, 15) is 9.59 Å². The molecule has 0 spiro atoms. The molecule has 1 N–H and O–H groups in total. The summed E-state index contributed by atoms with van der Waals surface area (Å²) in [5.41, 5.74) is 2.21. The molecule has 31 heavy (non-hydrogen) atoms. The average molecular weight is 428 g/mol. The van der Waals surface area contributed by atoms with Crippen molar-refractivity contribution in [1.82, 2.24) is 0 Å². The Kier molecular flexibility index (Phi) is 7.72. The molecule has 2 aromatic rings. The van der Waals surface area contributed by atoms with Crippen LogP contribution in [-0.2, 0) is 9.47 Å². The van der Waals surface area contributed by atoms with E-state index in [-0.39, 0.29) is 5.91 Å². The van der Waals surface area contributed by atoms with E-state index in [1.165, 1.54) is 7.11 Å². The number of methoxy groups -OCH3 is 1. The molecule has 8 nitrogen and oxygen atoms in total. The first-order valence-corrected chi connectivity index (χ1v) is 10.3. The monoisotopic (exact) mass is 428 g/mol. The first kappa shape index (κ1) is 22.4. The van der Waals surface area contributed by atoms with E-state index in [2.05, 4.69) is 10.2 Å². The molecule has 0 aromatic heterocycles. The second-order valence-electron chi connectivity index (χ2n) is 6.80. The Labute approximate surface area is 182 Å². The summed E-state index contributed by atoms with van der Waals surface area (Å²) in [6.45, 7) is 7.56. The Morgan fingerprint density at radius 2 is 1.58 bits per heavy atom. The number of anilines is 2. The molecule has 0 unspecified atom stereocenters. The number of ether oxygens (including phenoxy) is 4. The molecule has 0 atom stereocenters. The Bertz CT molecular complexity index is 907. The Morgan fingerprint density at radius 3 is 2.19 bits per heavy atom. The minimum Gasteiger partial charge on any atom is -0.492 e. The zero-order valence-electron chi connectivity index (χ0n) is 18.1. The zero-order valence-corrected chi connectivity index (χ0v) is 18.1. The molecular weight excluding hydrogens is 400 g/mol. The summed E-state index contributed by atoms with van der Waals surface area (Å²) < 4.78 is 21.8. The van der Waals surface area contributed by atoms with Crippen molar-refractivity contribution >= 4 is 23.3 Å². The van der Waals surface area contributed by atoms with Gasteiger partial charge in [-0.3, -0.25) is 4.79 Å². The van der Waals surface area contributed by atoms with Gasteiger partial charge in [0.1, 0.15) is 11.5 Å². The molecular formula is C23H28N2O6. The molecule has 1 heterocycles. The van der Waals surface area contributed by atoms with Crippen LogP contribution in [-0.4, -0.2) is 58.5 Å². The number of carbonyl (C=O) groups is 2. The minimum absolute atomic E-state index is 0.320. The van der Waals surface area contributed by atoms with Crippen molar-refractivity contribution < 1.29 is 28.5 Å². The third kappa shape index (κ3) is 5.46. The van der Waals surface area contributed by atoms with E-state index in [1.54, 1.807) is 30.3 Å². The van der Waals surface area contributed by atoms with Crippen LogP contribution in [0.25, 0.3) is 0 Å². The van der Waals surface area contributed by atoms with E-state index < -0.39 is 5.97 Å². The van der Waals surface area contributed by atoms with Gasteiger partial charge in [-0.05, 0) is 38.1 Å². The molecule has 2 aromatic carbocycles. The lowest BCUT2D eigenvalue weighted by molar-refractivity contribution is 0.0600. The SMILES string of the molecule is CCOc1cc(N2CCOCC2)c(OCC)cc1NC(=O)c1ccc(C(=O)OC)cc1. The number of carbonyl (C=O) groups excluding carboxylic acids is 2. The lowest BCUT2D eigenvalue weighted by Crippen LogP contribution is -2.36. The van der Waals surface area contributed by atoms with Crippen LogP contribution in [0.15, 0.2) is 36.4 Å². The molecule has 0 radical (unpaired) electrons. The van der Waals surface area contributed by atoms with E-state index in [0.717, 1.165) is 18.8 Å². The molecule has 0 aliphatic carbocycles. The normalized spacial score (nSPS) is 13.5. The van der Waals surface area contributed by atoms with Crippen molar-refractivity contribution in [2.75, 3.05) is 56.8 Å². The largest absolute Gasteiger partial charge is 0.492 e. The van der Waals surface area contributed by atoms with E-state index in [4.69, 9.17) is 18.9 Å². The van der Waals surface area contributed by atoms with Crippen molar-refractivity contribution in [3.8, 4) is 11.5 Å². The van der Waals surface area contributed by atoms with Gasteiger partial charge in [0, 0.05) is 30.8 Å². The first-order chi connectivity index (χ1) is 15.1. The number of nitrogens with zero attached hydrogens (tertiary/aromatic N) is 1. The Morgan fingerprint density at radius 1 is 0.968 bits per heavy atom. The third-order valence-electron chi connectivity index (χ3n) is 4.83. The highest BCUT2D eigenvalue weighted by atomic mass is 16.5. The van der Waals surface area contributed by atoms with Gasteiger partial charge in [0.05, 0.1) is 50.5 Å². The van der Waals surface area contributed by atoms with Gasteiger partial charge in [0.15, 0.2) is 0 Å². The van der Waals surface area contributed by atoms with Gasteiger partial charge >= 0.3 is 5.97 Å². The number of rotatable bonds is 8. The van der Waals surface area contributed by atoms with Gasteiger partial charge in [-0.2, -0.15) is 0 Å². The van der Waals surface area contributed by atoms with Crippen LogP contribution in [0.5, 0.6) is 11.5 Å². The molecule has 1 amide bonds. The predicted octanol–water partition coefficient (Wildman–Crippen LogP) is 3.36. The van der Waals surface area contributed by atoms with Crippen molar-refractivity contribution in [1.29, 1.82) is 0 Å². The number of hydrogen-bond donors (Lipinski definition) is 1. The first-order valence-electron chi connectivity index (χ1n) is 10.3. The van der Waals surface area contributed by atoms with E-state index >= 15 is 0 Å². The van der Waals surface area contributed by atoms with Crippen LogP contribution in [0.4, 0.5) is 11.4 Å². The molecule has 8 heteroatoms. The quantitative estimate of drug-likeness (QED) is 0.645. The Hall–Kier alpha value is -3.26. The summed E-state index contributed by atoms with van der Waals surface area (Å²) >= 11 is 0. The van der Waals surface area contributed by atoms with Crippen LogP contribution in [0, 0.1) is 0 Å². The summed E-state index contributed by atoms with van der Waals surface area (Å²) in [5.74, 6) is 0.459. The molecule has 166 valence electrons. The maximum Gasteiger partial charge on any atom is 0.337 e. The number of esters is 1. The van der Waals surface area contributed by atoms with Crippen LogP contribution in [0.1, 0.15) is 34.6 Å². The molecule has 1 aliphatic heterocycles. The summed E-state index contributed by atoms with van der Waals surface area (Å²) in [6.07, 6.45) is 0. The summed E-state index contributed by atoms with van der Waals surface area (Å²) in [5, 5.41) is 2.90. The number of amides is 1. The van der Waals surface area contributed by atoms with Crippen molar-refractivity contribution in [3.63, 3.8) is 0 Å². The Balaban J connectivity index is 1.88. The van der Waals surface area contributed by atoms with Crippen LogP contribution in [0.2, 0.25) is 0 Å². The van der Waals surface area contributed by atoms with Crippen molar-refractivity contribution in [2.24, 2.45) is 0 Å². The fourth-order valence-corrected chi connectivity index (χ4v) is 3.31. The molecule has 1 saturated heterocycles. The van der Waals surface area contributed by atoms with Gasteiger partial charge in [0.25, 0.3) is 5.91 Å². The second-order valence-corrected chi connectivity index (χ2v) is 6.80. The fraction of sp³-hybridized carbons (Fsp3) is 0.391. The lowest BCUT2D eigenvalue weighted by atomic mass is 10.1. The van der Waals surface area contributed by atoms with Gasteiger partial charge in [-0.25, -0.2) is 4.79 Å². The van der Waals surface area contributed by atoms with E-state index in [1.807, 2.05) is 19.9 Å². The molecule has 0 bridgehead atoms. The predicted molar refractivity (Wildman–Crippen MR) is 118 cm³/mol. The molecule has 3 rings (SSSR count). The zero-order chi connectivity index (χ0) is 22.2. The summed E-state index contributed by atoms with van der Waals surface area (Å²) in [7, 11) is 1.31. The topological polar surface area (TPSA) is 86.3 Å². The maximum absolute atomic E-state index is 12.8. The molecule has 0 saturated carbocycles. The van der Waals surface area contributed by atoms with Gasteiger partial charge in [-0.1, -0.05) is 0 Å². The highest BCUT2D eigenvalue weighted by molar-refractivity contribution is 6.06. The number of benzene rings is 2. The standard InChI is InChI=1S/C23H28N2O6/c1-4-30-20-15-19(25-10-12-29-13-11-25)21(31-5-2)14-18(20)24-22(26)16-6-8-17(9-7-16)23(27)28-3/h6-9,14-15H,4-5,10-13H2,1-3H3,(H,24,26). The second kappa shape index (κ2) is 10.7. The van der Waals surface area contributed by atoms with Crippen LogP contribution in [0.3, 0.4) is 0 Å². The van der Waals surface area contributed by atoms with Crippen LogP contribution >= 0.6 is 0 Å².